The number of carbonyl (C=O) groups excluding carboxylic acids is 1. The molecular weight excluding hydrogens is 424 g/mol. The Bertz CT molecular complexity index is 938. The lowest BCUT2D eigenvalue weighted by molar-refractivity contribution is -0.137. The number of halogens is 4. The summed E-state index contributed by atoms with van der Waals surface area (Å²) < 4.78 is 52.5. The van der Waals surface area contributed by atoms with Crippen LogP contribution in [0.15, 0.2) is 42.5 Å². The second kappa shape index (κ2) is 10.0. The number of nitrogens with zero attached hydrogens (tertiary/aromatic N) is 1. The van der Waals surface area contributed by atoms with E-state index in [0.29, 0.717) is 63.1 Å². The van der Waals surface area contributed by atoms with Crippen molar-refractivity contribution in [3.63, 3.8) is 0 Å². The van der Waals surface area contributed by atoms with Crippen molar-refractivity contribution in [2.24, 2.45) is 0 Å². The summed E-state index contributed by atoms with van der Waals surface area (Å²) in [4.78, 5) is 14.7. The van der Waals surface area contributed by atoms with Gasteiger partial charge in [-0.05, 0) is 68.6 Å². The summed E-state index contributed by atoms with van der Waals surface area (Å²) in [5, 5.41) is 13.9. The average Bonchev–Trinajstić information content (AvgIpc) is 2.75. The Morgan fingerprint density at radius 3 is 2.53 bits per heavy atom. The maximum absolute atomic E-state index is 13.5. The van der Waals surface area contributed by atoms with E-state index in [0.717, 1.165) is 12.1 Å². The summed E-state index contributed by atoms with van der Waals surface area (Å²) in [5.41, 5.74) is -0.813. The molecule has 0 saturated carbocycles. The molecule has 0 radical (unpaired) electrons. The lowest BCUT2D eigenvalue weighted by Crippen LogP contribution is -2.43. The van der Waals surface area contributed by atoms with E-state index in [1.807, 2.05) is 6.92 Å². The molecule has 32 heavy (non-hydrogen) atoms. The Morgan fingerprint density at radius 2 is 1.88 bits per heavy atom. The monoisotopic (exact) mass is 452 g/mol. The van der Waals surface area contributed by atoms with Crippen LogP contribution >= 0.6 is 0 Å². The second-order valence-corrected chi connectivity index (χ2v) is 8.20. The maximum atomic E-state index is 13.5. The van der Waals surface area contributed by atoms with Crippen LogP contribution in [0.25, 0.3) is 0 Å². The van der Waals surface area contributed by atoms with Crippen molar-refractivity contribution in [3.8, 4) is 0 Å². The zero-order valence-electron chi connectivity index (χ0n) is 18.0. The van der Waals surface area contributed by atoms with Gasteiger partial charge in [0.05, 0.1) is 11.2 Å². The van der Waals surface area contributed by atoms with Crippen LogP contribution in [0.2, 0.25) is 0 Å². The van der Waals surface area contributed by atoms with E-state index in [9.17, 15) is 27.5 Å². The number of carbonyl (C=O) groups is 1. The summed E-state index contributed by atoms with van der Waals surface area (Å²) in [6.07, 6.45) is -2.89. The average molecular weight is 452 g/mol. The van der Waals surface area contributed by atoms with Gasteiger partial charge in [0.1, 0.15) is 5.82 Å². The summed E-state index contributed by atoms with van der Waals surface area (Å²) in [6.45, 7) is 4.14. The zero-order valence-corrected chi connectivity index (χ0v) is 18.0. The van der Waals surface area contributed by atoms with Crippen LogP contribution in [0, 0.1) is 5.82 Å². The molecule has 1 saturated heterocycles. The largest absolute Gasteiger partial charge is 0.416 e. The van der Waals surface area contributed by atoms with Crippen LogP contribution in [0.4, 0.5) is 23.2 Å². The van der Waals surface area contributed by atoms with Crippen molar-refractivity contribution in [2.45, 2.75) is 44.4 Å². The number of alkyl halides is 3. The van der Waals surface area contributed by atoms with Gasteiger partial charge in [0.15, 0.2) is 5.78 Å². The number of anilines is 1. The minimum absolute atomic E-state index is 0.0709. The van der Waals surface area contributed by atoms with Crippen LogP contribution < -0.4 is 5.32 Å². The lowest BCUT2D eigenvalue weighted by Gasteiger charge is -2.38. The maximum Gasteiger partial charge on any atom is 0.416 e. The third-order valence-corrected chi connectivity index (χ3v) is 5.94. The molecular formula is C24H28F4N2O2. The number of Topliss-reactive ketones (excluding diaryl/α,β-unsaturated/α-hetero) is 1. The van der Waals surface area contributed by atoms with E-state index in [4.69, 9.17) is 0 Å². The summed E-state index contributed by atoms with van der Waals surface area (Å²) in [5.74, 6) is -0.475. The van der Waals surface area contributed by atoms with Crippen molar-refractivity contribution in [1.82, 2.24) is 4.90 Å². The molecule has 0 spiro atoms. The van der Waals surface area contributed by atoms with Crippen LogP contribution in [-0.2, 0) is 11.8 Å². The van der Waals surface area contributed by atoms with Crippen LogP contribution in [0.3, 0.4) is 0 Å². The van der Waals surface area contributed by atoms with E-state index in [-0.39, 0.29) is 11.3 Å². The topological polar surface area (TPSA) is 52.6 Å². The highest BCUT2D eigenvalue weighted by Gasteiger charge is 2.37. The fourth-order valence-corrected chi connectivity index (χ4v) is 4.11. The predicted octanol–water partition coefficient (Wildman–Crippen LogP) is 5.22. The van der Waals surface area contributed by atoms with Gasteiger partial charge in [0.25, 0.3) is 0 Å². The number of benzene rings is 2. The second-order valence-electron chi connectivity index (χ2n) is 8.20. The molecule has 8 heteroatoms. The van der Waals surface area contributed by atoms with Crippen LogP contribution in [0.5, 0.6) is 0 Å². The summed E-state index contributed by atoms with van der Waals surface area (Å²) in [7, 11) is 0. The Hall–Kier alpha value is -2.45. The van der Waals surface area contributed by atoms with E-state index < -0.39 is 23.2 Å². The van der Waals surface area contributed by atoms with Crippen LogP contribution in [-0.4, -0.2) is 42.0 Å². The van der Waals surface area contributed by atoms with Gasteiger partial charge < -0.3 is 15.3 Å². The third-order valence-electron chi connectivity index (χ3n) is 5.94. The molecule has 1 fully saturated rings. The Labute approximate surface area is 185 Å². The molecule has 0 aliphatic carbocycles. The van der Waals surface area contributed by atoms with Gasteiger partial charge in [-0.1, -0.05) is 12.1 Å². The number of ketones is 1. The first-order chi connectivity index (χ1) is 15.1. The standard InChI is InChI=1S/C24H28F4N2O2/c1-2-29-21-16-19(25)8-9-20(21)22(31)7-4-12-30-13-10-23(32,11-14-30)17-5-3-6-18(15-17)24(26,27)28/h3,5-6,8-9,15-16,29,32H,2,4,7,10-14H2,1H3. The molecule has 2 N–H and O–H groups in total. The van der Waals surface area contributed by atoms with Crippen molar-refractivity contribution < 1.29 is 27.5 Å². The van der Waals surface area contributed by atoms with Crippen LogP contribution in [0.1, 0.15) is 54.1 Å². The van der Waals surface area contributed by atoms with E-state index in [2.05, 4.69) is 10.2 Å². The fraction of sp³-hybridized carbons (Fsp3) is 0.458. The number of likely N-dealkylation sites (tertiary alicyclic amines) is 1. The normalized spacial score (nSPS) is 16.7. The SMILES string of the molecule is CCNc1cc(F)ccc1C(=O)CCCN1CCC(O)(c2cccc(C(F)(F)F)c2)CC1. The molecule has 0 aromatic heterocycles. The van der Waals surface area contributed by atoms with E-state index >= 15 is 0 Å². The van der Waals surface area contributed by atoms with Gasteiger partial charge in [0, 0.05) is 37.3 Å². The zero-order chi connectivity index (χ0) is 23.4. The van der Waals surface area contributed by atoms with Gasteiger partial charge >= 0.3 is 6.18 Å². The highest BCUT2D eigenvalue weighted by Crippen LogP contribution is 2.36. The van der Waals surface area contributed by atoms with Gasteiger partial charge in [-0.15, -0.1) is 0 Å². The van der Waals surface area contributed by atoms with Crippen molar-refractivity contribution >= 4 is 11.5 Å². The van der Waals surface area contributed by atoms with Gasteiger partial charge in [0.2, 0.25) is 0 Å². The Balaban J connectivity index is 1.52. The molecule has 1 aliphatic rings. The first-order valence-electron chi connectivity index (χ1n) is 10.8. The number of hydrogen-bond donors (Lipinski definition) is 2. The minimum Gasteiger partial charge on any atom is -0.385 e. The molecule has 2 aromatic carbocycles. The smallest absolute Gasteiger partial charge is 0.385 e. The molecule has 1 aliphatic heterocycles. The van der Waals surface area contributed by atoms with Crippen molar-refractivity contribution in [3.05, 3.63) is 65.0 Å². The summed E-state index contributed by atoms with van der Waals surface area (Å²) in [6, 6.07) is 8.97. The van der Waals surface area contributed by atoms with Crippen molar-refractivity contribution in [1.29, 1.82) is 0 Å². The molecule has 4 nitrogen and oxygen atoms in total. The van der Waals surface area contributed by atoms with Gasteiger partial charge in [-0.25, -0.2) is 4.39 Å². The molecule has 3 rings (SSSR count). The number of aliphatic hydroxyl groups is 1. The molecule has 0 bridgehead atoms. The first-order valence-corrected chi connectivity index (χ1v) is 10.8. The molecule has 1 heterocycles. The number of rotatable bonds is 8. The number of hydrogen-bond acceptors (Lipinski definition) is 4. The molecule has 2 aromatic rings. The first kappa shape index (κ1) is 24.2. The molecule has 0 amide bonds. The highest BCUT2D eigenvalue weighted by molar-refractivity contribution is 6.01. The third kappa shape index (κ3) is 5.86. The predicted molar refractivity (Wildman–Crippen MR) is 115 cm³/mol. The number of piperidine rings is 1. The summed E-state index contributed by atoms with van der Waals surface area (Å²) >= 11 is 0. The quantitative estimate of drug-likeness (QED) is 0.426. The van der Waals surface area contributed by atoms with Gasteiger partial charge in [-0.3, -0.25) is 4.79 Å². The molecule has 174 valence electrons. The number of nitrogens with one attached hydrogen (secondary N) is 1. The Kier molecular flexibility index (Phi) is 7.56. The van der Waals surface area contributed by atoms with E-state index in [1.54, 1.807) is 0 Å². The van der Waals surface area contributed by atoms with E-state index in [1.165, 1.54) is 30.3 Å². The van der Waals surface area contributed by atoms with Gasteiger partial charge in [-0.2, -0.15) is 13.2 Å². The molecule has 0 unspecified atom stereocenters. The Morgan fingerprint density at radius 1 is 1.16 bits per heavy atom. The fourth-order valence-electron chi connectivity index (χ4n) is 4.11. The lowest BCUT2D eigenvalue weighted by atomic mass is 9.83. The minimum atomic E-state index is -4.45. The highest BCUT2D eigenvalue weighted by atomic mass is 19.4. The van der Waals surface area contributed by atoms with Crippen molar-refractivity contribution in [2.75, 3.05) is 31.5 Å². The molecule has 0 atom stereocenters.